The number of nitrogen functional groups attached to an aromatic ring is 1. The van der Waals surface area contributed by atoms with Gasteiger partial charge in [0.1, 0.15) is 11.6 Å². The van der Waals surface area contributed by atoms with Gasteiger partial charge >= 0.3 is 0 Å². The van der Waals surface area contributed by atoms with Gasteiger partial charge in [-0.25, -0.2) is 9.37 Å². The molecule has 2 aromatic rings. The van der Waals surface area contributed by atoms with Gasteiger partial charge in [-0.2, -0.15) is 0 Å². The van der Waals surface area contributed by atoms with Crippen LogP contribution in [0.4, 0.5) is 10.1 Å². The zero-order valence-electron chi connectivity index (χ0n) is 9.56. The summed E-state index contributed by atoms with van der Waals surface area (Å²) >= 11 is 1.62. The van der Waals surface area contributed by atoms with Gasteiger partial charge in [0.15, 0.2) is 0 Å². The molecule has 0 saturated heterocycles. The molecule has 17 heavy (non-hydrogen) atoms. The van der Waals surface area contributed by atoms with Crippen LogP contribution < -0.4 is 5.73 Å². The molecule has 0 spiro atoms. The summed E-state index contributed by atoms with van der Waals surface area (Å²) in [7, 11) is 1.97. The average molecular weight is 251 g/mol. The molecule has 2 rings (SSSR count). The number of nitrogens with two attached hydrogens (primary N) is 1. The van der Waals surface area contributed by atoms with E-state index in [-0.39, 0.29) is 5.82 Å². The molecule has 2 N–H and O–H groups in total. The lowest BCUT2D eigenvalue weighted by atomic mass is 10.3. The summed E-state index contributed by atoms with van der Waals surface area (Å²) in [4.78, 5) is 5.16. The lowest BCUT2D eigenvalue weighted by molar-refractivity contribution is 0.627. The maximum atomic E-state index is 12.8. The predicted octanol–water partition coefficient (Wildman–Crippen LogP) is 2.48. The molecule has 1 aromatic heterocycles. The number of nitrogens with zero attached hydrogens (tertiary/aromatic N) is 2. The number of aromatic nitrogens is 2. The van der Waals surface area contributed by atoms with Crippen molar-refractivity contribution in [2.75, 3.05) is 11.5 Å². The highest BCUT2D eigenvalue weighted by atomic mass is 32.2. The smallest absolute Gasteiger partial charge is 0.125 e. The quantitative estimate of drug-likeness (QED) is 0.670. The van der Waals surface area contributed by atoms with Crippen LogP contribution in [-0.4, -0.2) is 15.3 Å². The monoisotopic (exact) mass is 251 g/mol. The summed E-state index contributed by atoms with van der Waals surface area (Å²) < 4.78 is 14.8. The number of halogens is 1. The number of hydrogen-bond donors (Lipinski definition) is 1. The second-order valence-corrected chi connectivity index (χ2v) is 4.87. The Morgan fingerprint density at radius 2 is 2.29 bits per heavy atom. The fourth-order valence-electron chi connectivity index (χ4n) is 1.54. The van der Waals surface area contributed by atoms with Crippen LogP contribution in [0.15, 0.2) is 35.5 Å². The van der Waals surface area contributed by atoms with Crippen LogP contribution in [0.25, 0.3) is 0 Å². The number of benzene rings is 1. The molecule has 0 fully saturated rings. The predicted molar refractivity (Wildman–Crippen MR) is 68.4 cm³/mol. The maximum Gasteiger partial charge on any atom is 0.125 e. The normalized spacial score (nSPS) is 10.7. The Morgan fingerprint density at radius 1 is 1.47 bits per heavy atom. The SMILES string of the molecule is Cn1ccnc1CCSc1ccc(F)cc1N. The average Bonchev–Trinajstić information content (AvgIpc) is 2.68. The zero-order valence-corrected chi connectivity index (χ0v) is 10.4. The van der Waals surface area contributed by atoms with Crippen LogP contribution in [0.5, 0.6) is 0 Å². The molecule has 0 unspecified atom stereocenters. The van der Waals surface area contributed by atoms with E-state index < -0.39 is 0 Å². The van der Waals surface area contributed by atoms with Gasteiger partial charge in [0.25, 0.3) is 0 Å². The number of hydrogen-bond acceptors (Lipinski definition) is 3. The second-order valence-electron chi connectivity index (χ2n) is 3.73. The molecule has 0 aliphatic rings. The van der Waals surface area contributed by atoms with Crippen LogP contribution in [0, 0.1) is 5.82 Å². The largest absolute Gasteiger partial charge is 0.398 e. The summed E-state index contributed by atoms with van der Waals surface area (Å²) in [5.41, 5.74) is 6.22. The highest BCUT2D eigenvalue weighted by Crippen LogP contribution is 2.25. The van der Waals surface area contributed by atoms with Gasteiger partial charge in [-0.3, -0.25) is 0 Å². The first-order chi connectivity index (χ1) is 8.16. The van der Waals surface area contributed by atoms with E-state index in [0.717, 1.165) is 22.9 Å². The summed E-state index contributed by atoms with van der Waals surface area (Å²) in [5, 5.41) is 0. The van der Waals surface area contributed by atoms with E-state index >= 15 is 0 Å². The van der Waals surface area contributed by atoms with Crippen molar-refractivity contribution in [3.63, 3.8) is 0 Å². The second kappa shape index (κ2) is 5.23. The van der Waals surface area contributed by atoms with Gasteiger partial charge in [-0.15, -0.1) is 11.8 Å². The molecule has 0 aliphatic carbocycles. The highest BCUT2D eigenvalue weighted by Gasteiger charge is 2.03. The van der Waals surface area contributed by atoms with Crippen LogP contribution in [0.3, 0.4) is 0 Å². The zero-order chi connectivity index (χ0) is 12.3. The molecule has 0 radical (unpaired) electrons. The van der Waals surface area contributed by atoms with Crippen molar-refractivity contribution in [3.8, 4) is 0 Å². The van der Waals surface area contributed by atoms with Crippen LogP contribution in [0.2, 0.25) is 0 Å². The first-order valence-electron chi connectivity index (χ1n) is 5.31. The Morgan fingerprint density at radius 3 is 2.94 bits per heavy atom. The van der Waals surface area contributed by atoms with E-state index in [1.165, 1.54) is 12.1 Å². The van der Waals surface area contributed by atoms with Crippen molar-refractivity contribution in [3.05, 3.63) is 42.2 Å². The minimum Gasteiger partial charge on any atom is -0.398 e. The molecular weight excluding hydrogens is 237 g/mol. The van der Waals surface area contributed by atoms with E-state index in [1.807, 2.05) is 17.8 Å². The van der Waals surface area contributed by atoms with Crippen molar-refractivity contribution in [2.45, 2.75) is 11.3 Å². The van der Waals surface area contributed by atoms with Gasteiger partial charge in [0.2, 0.25) is 0 Å². The summed E-state index contributed by atoms with van der Waals surface area (Å²) in [6.07, 6.45) is 4.57. The number of aryl methyl sites for hydroxylation is 2. The summed E-state index contributed by atoms with van der Waals surface area (Å²) in [6, 6.07) is 4.50. The topological polar surface area (TPSA) is 43.8 Å². The Labute approximate surface area is 104 Å². The van der Waals surface area contributed by atoms with Crippen LogP contribution in [-0.2, 0) is 13.5 Å². The lowest BCUT2D eigenvalue weighted by Gasteiger charge is -2.05. The van der Waals surface area contributed by atoms with Crippen molar-refractivity contribution in [2.24, 2.45) is 7.05 Å². The standard InChI is InChI=1S/C12H14FN3S/c1-16-6-5-15-12(16)4-7-17-11-3-2-9(13)8-10(11)14/h2-3,5-6,8H,4,7,14H2,1H3. The van der Waals surface area contributed by atoms with Gasteiger partial charge in [-0.05, 0) is 18.2 Å². The van der Waals surface area contributed by atoms with E-state index in [0.29, 0.717) is 5.69 Å². The van der Waals surface area contributed by atoms with E-state index in [1.54, 1.807) is 24.0 Å². The molecule has 3 nitrogen and oxygen atoms in total. The van der Waals surface area contributed by atoms with Crippen LogP contribution >= 0.6 is 11.8 Å². The number of imidazole rings is 1. The minimum absolute atomic E-state index is 0.295. The molecular formula is C12H14FN3S. The van der Waals surface area contributed by atoms with Crippen molar-refractivity contribution in [1.29, 1.82) is 0 Å². The molecule has 0 bridgehead atoms. The lowest BCUT2D eigenvalue weighted by Crippen LogP contribution is -1.99. The fourth-order valence-corrected chi connectivity index (χ4v) is 2.43. The molecule has 0 saturated carbocycles. The number of thioether (sulfide) groups is 1. The summed E-state index contributed by atoms with van der Waals surface area (Å²) in [6.45, 7) is 0. The van der Waals surface area contributed by atoms with Crippen molar-refractivity contribution >= 4 is 17.4 Å². The molecule has 1 aromatic carbocycles. The molecule has 90 valence electrons. The van der Waals surface area contributed by atoms with Gasteiger partial charge in [0, 0.05) is 42.2 Å². The molecule has 0 amide bonds. The highest BCUT2D eigenvalue weighted by molar-refractivity contribution is 7.99. The van der Waals surface area contributed by atoms with Crippen molar-refractivity contribution in [1.82, 2.24) is 9.55 Å². The third-order valence-electron chi connectivity index (χ3n) is 2.48. The minimum atomic E-state index is -0.295. The Kier molecular flexibility index (Phi) is 3.68. The number of rotatable bonds is 4. The van der Waals surface area contributed by atoms with Crippen molar-refractivity contribution < 1.29 is 4.39 Å². The third kappa shape index (κ3) is 3.00. The Balaban J connectivity index is 1.92. The van der Waals surface area contributed by atoms with Gasteiger partial charge < -0.3 is 10.3 Å². The van der Waals surface area contributed by atoms with E-state index in [4.69, 9.17) is 5.73 Å². The van der Waals surface area contributed by atoms with Crippen LogP contribution in [0.1, 0.15) is 5.82 Å². The Hall–Kier alpha value is -1.49. The molecule has 1 heterocycles. The van der Waals surface area contributed by atoms with Gasteiger partial charge in [0.05, 0.1) is 0 Å². The molecule has 0 aliphatic heterocycles. The first kappa shape index (κ1) is 12.0. The van der Waals surface area contributed by atoms with Gasteiger partial charge in [-0.1, -0.05) is 0 Å². The van der Waals surface area contributed by atoms with E-state index in [9.17, 15) is 4.39 Å². The first-order valence-corrected chi connectivity index (χ1v) is 6.29. The summed E-state index contributed by atoms with van der Waals surface area (Å²) in [5.74, 6) is 1.62. The third-order valence-corrected chi connectivity index (χ3v) is 3.57. The number of anilines is 1. The Bertz CT molecular complexity index is 510. The molecule has 5 heteroatoms. The fraction of sp³-hybridized carbons (Fsp3) is 0.250. The van der Waals surface area contributed by atoms with E-state index in [2.05, 4.69) is 4.98 Å². The molecule has 0 atom stereocenters. The maximum absolute atomic E-state index is 12.8.